The van der Waals surface area contributed by atoms with Crippen LogP contribution in [0.5, 0.6) is 5.75 Å². The molecule has 0 unspecified atom stereocenters. The van der Waals surface area contributed by atoms with E-state index in [0.29, 0.717) is 32.5 Å². The van der Waals surface area contributed by atoms with Gasteiger partial charge in [0.15, 0.2) is 0 Å². The topological polar surface area (TPSA) is 70.1 Å². The number of likely N-dealkylation sites (tertiary alicyclic amines) is 2. The summed E-state index contributed by atoms with van der Waals surface area (Å²) in [7, 11) is 0. The highest BCUT2D eigenvalue weighted by molar-refractivity contribution is 5.79. The van der Waals surface area contributed by atoms with E-state index in [-0.39, 0.29) is 23.8 Å². The second-order valence-corrected chi connectivity index (χ2v) is 7.67. The van der Waals surface area contributed by atoms with Gasteiger partial charge in [-0.05, 0) is 49.3 Å². The van der Waals surface area contributed by atoms with Gasteiger partial charge in [0.25, 0.3) is 0 Å². The van der Waals surface area contributed by atoms with Gasteiger partial charge in [-0.15, -0.1) is 0 Å². The fourth-order valence-corrected chi connectivity index (χ4v) is 4.22. The van der Waals surface area contributed by atoms with Crippen molar-refractivity contribution in [2.45, 2.75) is 39.0 Å². The van der Waals surface area contributed by atoms with Crippen LogP contribution in [0, 0.1) is 5.41 Å². The fourth-order valence-electron chi connectivity index (χ4n) is 4.22. The van der Waals surface area contributed by atoms with Crippen LogP contribution in [0.25, 0.3) is 0 Å². The van der Waals surface area contributed by atoms with Crippen molar-refractivity contribution < 1.29 is 19.4 Å². The molecular formula is C21H30N2O4. The summed E-state index contributed by atoms with van der Waals surface area (Å²) >= 11 is 0. The molecule has 6 heteroatoms. The largest absolute Gasteiger partial charge is 0.494 e. The second-order valence-electron chi connectivity index (χ2n) is 7.67. The number of ether oxygens (including phenoxy) is 1. The van der Waals surface area contributed by atoms with Gasteiger partial charge in [-0.3, -0.25) is 9.59 Å². The molecule has 2 saturated heterocycles. The van der Waals surface area contributed by atoms with Gasteiger partial charge in [0, 0.05) is 32.6 Å². The van der Waals surface area contributed by atoms with Crippen LogP contribution in [0.1, 0.15) is 38.2 Å². The van der Waals surface area contributed by atoms with E-state index in [4.69, 9.17) is 4.74 Å². The Bertz CT molecular complexity index is 651. The van der Waals surface area contributed by atoms with Crippen LogP contribution < -0.4 is 4.74 Å². The van der Waals surface area contributed by atoms with E-state index in [2.05, 4.69) is 0 Å². The summed E-state index contributed by atoms with van der Waals surface area (Å²) < 4.78 is 5.44. The number of carbonyl (C=O) groups is 2. The van der Waals surface area contributed by atoms with Crippen molar-refractivity contribution in [3.05, 3.63) is 29.8 Å². The van der Waals surface area contributed by atoms with Crippen molar-refractivity contribution in [2.75, 3.05) is 39.4 Å². The van der Waals surface area contributed by atoms with Crippen LogP contribution in [0.15, 0.2) is 24.3 Å². The van der Waals surface area contributed by atoms with Gasteiger partial charge in [0.05, 0.1) is 19.6 Å². The number of hydrogen-bond donors (Lipinski definition) is 1. The van der Waals surface area contributed by atoms with E-state index in [9.17, 15) is 14.7 Å². The van der Waals surface area contributed by atoms with Gasteiger partial charge < -0.3 is 19.6 Å². The number of hydrogen-bond acceptors (Lipinski definition) is 4. The summed E-state index contributed by atoms with van der Waals surface area (Å²) in [6, 6.07) is 7.72. The van der Waals surface area contributed by atoms with Crippen LogP contribution >= 0.6 is 0 Å². The number of carbonyl (C=O) groups excluding carboxylic acids is 2. The SMILES string of the molecule is CCOc1ccc(CC(=O)N2CCC3(CCC(=O)N(CCO)C3)CC2)cc1. The number of benzene rings is 1. The molecular weight excluding hydrogens is 344 g/mol. The van der Waals surface area contributed by atoms with E-state index in [1.54, 1.807) is 4.90 Å². The van der Waals surface area contributed by atoms with Gasteiger partial charge >= 0.3 is 0 Å². The van der Waals surface area contributed by atoms with Crippen molar-refractivity contribution in [2.24, 2.45) is 5.41 Å². The summed E-state index contributed by atoms with van der Waals surface area (Å²) in [5.74, 6) is 1.13. The Labute approximate surface area is 161 Å². The fraction of sp³-hybridized carbons (Fsp3) is 0.619. The zero-order valence-electron chi connectivity index (χ0n) is 16.2. The Morgan fingerprint density at radius 3 is 2.52 bits per heavy atom. The third-order valence-corrected chi connectivity index (χ3v) is 5.88. The maximum Gasteiger partial charge on any atom is 0.226 e. The molecule has 0 bridgehead atoms. The van der Waals surface area contributed by atoms with E-state index in [1.165, 1.54) is 0 Å². The first-order valence-electron chi connectivity index (χ1n) is 9.93. The highest BCUT2D eigenvalue weighted by atomic mass is 16.5. The molecule has 1 N–H and O–H groups in total. The third-order valence-electron chi connectivity index (χ3n) is 5.88. The monoisotopic (exact) mass is 374 g/mol. The summed E-state index contributed by atoms with van der Waals surface area (Å²) in [6.07, 6.45) is 3.72. The molecule has 2 aliphatic heterocycles. The van der Waals surface area contributed by atoms with Crippen molar-refractivity contribution in [3.8, 4) is 5.75 Å². The normalized spacial score (nSPS) is 19.4. The Balaban J connectivity index is 1.52. The molecule has 2 aliphatic rings. The smallest absolute Gasteiger partial charge is 0.226 e. The van der Waals surface area contributed by atoms with Crippen molar-refractivity contribution in [1.82, 2.24) is 9.80 Å². The number of amides is 2. The minimum Gasteiger partial charge on any atom is -0.494 e. The molecule has 2 heterocycles. The van der Waals surface area contributed by atoms with Crippen LogP contribution in [-0.4, -0.2) is 66.1 Å². The molecule has 1 aromatic rings. The standard InChI is InChI=1S/C21H30N2O4/c1-2-27-18-5-3-17(4-6-18)15-20(26)22-11-9-21(10-12-22)8-7-19(25)23(16-21)13-14-24/h3-6,24H,2,7-16H2,1H3. The quantitative estimate of drug-likeness (QED) is 0.825. The molecule has 6 nitrogen and oxygen atoms in total. The van der Waals surface area contributed by atoms with Crippen molar-refractivity contribution >= 4 is 11.8 Å². The maximum atomic E-state index is 12.7. The minimum absolute atomic E-state index is 0.00845. The Morgan fingerprint density at radius 2 is 1.89 bits per heavy atom. The van der Waals surface area contributed by atoms with Crippen LogP contribution in [0.4, 0.5) is 0 Å². The summed E-state index contributed by atoms with van der Waals surface area (Å²) in [5.41, 5.74) is 1.11. The Morgan fingerprint density at radius 1 is 1.19 bits per heavy atom. The average molecular weight is 374 g/mol. The number of nitrogens with zero attached hydrogens (tertiary/aromatic N) is 2. The molecule has 3 rings (SSSR count). The lowest BCUT2D eigenvalue weighted by Crippen LogP contribution is -2.53. The van der Waals surface area contributed by atoms with Gasteiger partial charge in [0.2, 0.25) is 11.8 Å². The molecule has 0 aliphatic carbocycles. The second kappa shape index (κ2) is 8.74. The minimum atomic E-state index is 0.00845. The number of β-amino-alcohol motifs (C(OH)–C–C–N with tert-alkyl or cyclic N) is 1. The van der Waals surface area contributed by atoms with Gasteiger partial charge in [-0.25, -0.2) is 0 Å². The predicted octanol–water partition coefficient (Wildman–Crippen LogP) is 1.85. The zero-order valence-corrected chi connectivity index (χ0v) is 16.2. The molecule has 2 amide bonds. The lowest BCUT2D eigenvalue weighted by molar-refractivity contribution is -0.142. The zero-order chi connectivity index (χ0) is 19.3. The molecule has 1 spiro atoms. The number of rotatable bonds is 6. The molecule has 1 aromatic carbocycles. The molecule has 0 saturated carbocycles. The molecule has 148 valence electrons. The predicted molar refractivity (Wildman–Crippen MR) is 102 cm³/mol. The highest BCUT2D eigenvalue weighted by Crippen LogP contribution is 2.40. The molecule has 0 radical (unpaired) electrons. The van der Waals surface area contributed by atoms with Gasteiger partial charge in [-0.1, -0.05) is 12.1 Å². The summed E-state index contributed by atoms with van der Waals surface area (Å²) in [5, 5.41) is 9.17. The maximum absolute atomic E-state index is 12.7. The Kier molecular flexibility index (Phi) is 6.37. The first-order chi connectivity index (χ1) is 13.0. The van der Waals surface area contributed by atoms with Crippen LogP contribution in [0.2, 0.25) is 0 Å². The summed E-state index contributed by atoms with van der Waals surface area (Å²) in [6.45, 7) is 5.22. The molecule has 2 fully saturated rings. The number of aliphatic hydroxyl groups excluding tert-OH is 1. The van der Waals surface area contributed by atoms with E-state index in [0.717, 1.165) is 43.7 Å². The lowest BCUT2D eigenvalue weighted by Gasteiger charge is -2.47. The van der Waals surface area contributed by atoms with E-state index in [1.807, 2.05) is 36.1 Å². The van der Waals surface area contributed by atoms with E-state index < -0.39 is 0 Å². The first-order valence-corrected chi connectivity index (χ1v) is 9.93. The lowest BCUT2D eigenvalue weighted by atomic mass is 9.72. The first kappa shape index (κ1) is 19.7. The van der Waals surface area contributed by atoms with Crippen molar-refractivity contribution in [1.29, 1.82) is 0 Å². The van der Waals surface area contributed by atoms with Crippen LogP contribution in [0.3, 0.4) is 0 Å². The van der Waals surface area contributed by atoms with Crippen molar-refractivity contribution in [3.63, 3.8) is 0 Å². The average Bonchev–Trinajstić information content (AvgIpc) is 2.67. The van der Waals surface area contributed by atoms with Crippen LogP contribution in [-0.2, 0) is 16.0 Å². The molecule has 0 aromatic heterocycles. The Hall–Kier alpha value is -2.08. The van der Waals surface area contributed by atoms with Gasteiger partial charge in [-0.2, -0.15) is 0 Å². The van der Waals surface area contributed by atoms with E-state index >= 15 is 0 Å². The third kappa shape index (κ3) is 4.80. The number of aliphatic hydroxyl groups is 1. The molecule has 0 atom stereocenters. The van der Waals surface area contributed by atoms with Gasteiger partial charge in [0.1, 0.15) is 5.75 Å². The number of piperidine rings is 2. The summed E-state index contributed by atoms with van der Waals surface area (Å²) in [4.78, 5) is 28.4. The highest BCUT2D eigenvalue weighted by Gasteiger charge is 2.41. The molecule has 27 heavy (non-hydrogen) atoms.